The highest BCUT2D eigenvalue weighted by Crippen LogP contribution is 2.49. The van der Waals surface area contributed by atoms with Crippen LogP contribution in [0.2, 0.25) is 0 Å². The molecule has 9 nitrogen and oxygen atoms in total. The number of carbonyl (C=O) groups excluding carboxylic acids is 2. The number of likely N-dealkylation sites (tertiary alicyclic amines) is 1. The molecule has 2 aromatic carbocycles. The van der Waals surface area contributed by atoms with Gasteiger partial charge >= 0.3 is 5.97 Å². The van der Waals surface area contributed by atoms with E-state index in [-0.39, 0.29) is 12.5 Å². The minimum absolute atomic E-state index is 0.120. The molecule has 1 heterocycles. The van der Waals surface area contributed by atoms with Gasteiger partial charge in [0.15, 0.2) is 18.1 Å². The zero-order chi connectivity index (χ0) is 26.2. The third-order valence-corrected chi connectivity index (χ3v) is 6.37. The smallest absolute Gasteiger partial charge is 0.343 e. The number of piperidine rings is 1. The van der Waals surface area contributed by atoms with Crippen LogP contribution in [0.3, 0.4) is 0 Å². The van der Waals surface area contributed by atoms with Crippen molar-refractivity contribution < 1.29 is 38.0 Å². The topological polar surface area (TPSA) is 92.8 Å². The Morgan fingerprint density at radius 3 is 2.03 bits per heavy atom. The average molecular weight is 502 g/mol. The first kappa shape index (κ1) is 27.0. The number of nitrogens with zero attached hydrogens (tertiary/aromatic N) is 1. The van der Waals surface area contributed by atoms with E-state index in [9.17, 15) is 9.59 Å². The second-order valence-corrected chi connectivity index (χ2v) is 8.46. The number of amides is 1. The summed E-state index contributed by atoms with van der Waals surface area (Å²) in [4.78, 5) is 27.0. The van der Waals surface area contributed by atoms with Crippen LogP contribution in [-0.4, -0.2) is 72.0 Å². The molecule has 1 saturated heterocycles. The van der Waals surface area contributed by atoms with Crippen LogP contribution < -0.4 is 23.7 Å². The lowest BCUT2D eigenvalue weighted by atomic mass is 9.95. The molecule has 0 bridgehead atoms. The summed E-state index contributed by atoms with van der Waals surface area (Å²) in [6.07, 6.45) is 3.47. The molecule has 1 fully saturated rings. The van der Waals surface area contributed by atoms with Gasteiger partial charge in [0, 0.05) is 30.6 Å². The highest BCUT2D eigenvalue weighted by atomic mass is 16.6. The van der Waals surface area contributed by atoms with Crippen LogP contribution in [0.25, 0.3) is 0 Å². The molecule has 36 heavy (non-hydrogen) atoms. The van der Waals surface area contributed by atoms with Crippen LogP contribution in [0.4, 0.5) is 0 Å². The summed E-state index contributed by atoms with van der Waals surface area (Å²) >= 11 is 0. The van der Waals surface area contributed by atoms with E-state index in [0.717, 1.165) is 36.0 Å². The molecule has 0 radical (unpaired) electrons. The van der Waals surface area contributed by atoms with Crippen molar-refractivity contribution in [2.24, 2.45) is 0 Å². The van der Waals surface area contributed by atoms with Crippen LogP contribution in [0.5, 0.6) is 28.7 Å². The molecule has 0 aromatic heterocycles. The lowest BCUT2D eigenvalue weighted by molar-refractivity contribution is -0.142. The summed E-state index contributed by atoms with van der Waals surface area (Å²) in [6, 6.07) is 5.39. The largest absolute Gasteiger partial charge is 0.492 e. The number of methoxy groups -OCH3 is 5. The third kappa shape index (κ3) is 5.61. The fourth-order valence-electron chi connectivity index (χ4n) is 4.51. The SMILES string of the molecule is COC(=O)COc1ccc(Cc2c(C)c(OC)c(OC)c(OC)c2OC)cc1C(=O)N1CCCCC1. The molecule has 9 heteroatoms. The summed E-state index contributed by atoms with van der Waals surface area (Å²) in [5, 5.41) is 0. The predicted molar refractivity (Wildman–Crippen MR) is 134 cm³/mol. The zero-order valence-corrected chi connectivity index (χ0v) is 21.9. The summed E-state index contributed by atoms with van der Waals surface area (Å²) in [7, 11) is 7.53. The Kier molecular flexibility index (Phi) is 9.27. The van der Waals surface area contributed by atoms with E-state index in [1.54, 1.807) is 34.5 Å². The van der Waals surface area contributed by atoms with Gasteiger partial charge in [0.05, 0.1) is 41.1 Å². The zero-order valence-electron chi connectivity index (χ0n) is 21.9. The number of ether oxygens (including phenoxy) is 6. The van der Waals surface area contributed by atoms with Gasteiger partial charge in [-0.25, -0.2) is 4.79 Å². The third-order valence-electron chi connectivity index (χ3n) is 6.37. The minimum Gasteiger partial charge on any atom is -0.492 e. The second-order valence-electron chi connectivity index (χ2n) is 8.46. The van der Waals surface area contributed by atoms with Crippen LogP contribution in [-0.2, 0) is 16.0 Å². The summed E-state index contributed by atoms with van der Waals surface area (Å²) < 4.78 is 32.9. The Bertz CT molecular complexity index is 1090. The van der Waals surface area contributed by atoms with Crippen molar-refractivity contribution in [2.75, 3.05) is 55.2 Å². The molecular formula is C27H35NO8. The quantitative estimate of drug-likeness (QED) is 0.454. The van der Waals surface area contributed by atoms with Crippen molar-refractivity contribution in [2.45, 2.75) is 32.6 Å². The Morgan fingerprint density at radius 1 is 0.833 bits per heavy atom. The van der Waals surface area contributed by atoms with Gasteiger partial charge in [-0.2, -0.15) is 0 Å². The number of benzene rings is 2. The lowest BCUT2D eigenvalue weighted by Gasteiger charge is -2.27. The Labute approximate surface area is 212 Å². The summed E-state index contributed by atoms with van der Waals surface area (Å²) in [6.45, 7) is 3.03. The molecule has 0 spiro atoms. The second kappa shape index (κ2) is 12.4. The number of hydrogen-bond acceptors (Lipinski definition) is 8. The highest BCUT2D eigenvalue weighted by Gasteiger charge is 2.27. The van der Waals surface area contributed by atoms with Crippen LogP contribution >= 0.6 is 0 Å². The summed E-state index contributed by atoms with van der Waals surface area (Å²) in [5.74, 6) is 1.66. The van der Waals surface area contributed by atoms with Gasteiger partial charge in [0.1, 0.15) is 5.75 Å². The molecule has 0 N–H and O–H groups in total. The van der Waals surface area contributed by atoms with Crippen molar-refractivity contribution in [1.82, 2.24) is 4.90 Å². The predicted octanol–water partition coefficient (Wildman–Crippen LogP) is 3.80. The number of hydrogen-bond donors (Lipinski definition) is 0. The van der Waals surface area contributed by atoms with Crippen LogP contribution in [0, 0.1) is 6.92 Å². The van der Waals surface area contributed by atoms with Gasteiger partial charge in [-0.05, 0) is 43.9 Å². The normalized spacial score (nSPS) is 13.1. The van der Waals surface area contributed by atoms with Crippen molar-refractivity contribution in [3.05, 3.63) is 40.5 Å². The summed E-state index contributed by atoms with van der Waals surface area (Å²) in [5.41, 5.74) is 2.94. The fraction of sp³-hybridized carbons (Fsp3) is 0.481. The standard InChI is InChI=1S/C27H35NO8/c1-17-19(24(33-4)26(35-6)25(34-5)23(17)32-3)14-18-10-11-21(36-16-22(29)31-2)20(15-18)27(30)28-12-8-7-9-13-28/h10-11,15H,7-9,12-14,16H2,1-6H3. The molecule has 0 atom stereocenters. The molecule has 0 aliphatic carbocycles. The van der Waals surface area contributed by atoms with E-state index in [0.29, 0.717) is 53.8 Å². The van der Waals surface area contributed by atoms with E-state index in [1.165, 1.54) is 7.11 Å². The first-order valence-electron chi connectivity index (χ1n) is 11.9. The molecule has 1 amide bonds. The monoisotopic (exact) mass is 501 g/mol. The van der Waals surface area contributed by atoms with Gasteiger partial charge in [-0.3, -0.25) is 4.79 Å². The van der Waals surface area contributed by atoms with E-state index in [1.807, 2.05) is 24.0 Å². The highest BCUT2D eigenvalue weighted by molar-refractivity contribution is 5.97. The number of carbonyl (C=O) groups is 2. The van der Waals surface area contributed by atoms with Gasteiger partial charge < -0.3 is 33.3 Å². The van der Waals surface area contributed by atoms with E-state index in [4.69, 9.17) is 23.7 Å². The maximum absolute atomic E-state index is 13.5. The van der Waals surface area contributed by atoms with Gasteiger partial charge in [0.25, 0.3) is 5.91 Å². The molecular weight excluding hydrogens is 466 g/mol. The minimum atomic E-state index is -0.520. The van der Waals surface area contributed by atoms with Crippen LogP contribution in [0.15, 0.2) is 18.2 Å². The van der Waals surface area contributed by atoms with E-state index in [2.05, 4.69) is 4.74 Å². The maximum atomic E-state index is 13.5. The van der Waals surface area contributed by atoms with Crippen LogP contribution in [0.1, 0.15) is 46.3 Å². The van der Waals surface area contributed by atoms with Gasteiger partial charge in [0.2, 0.25) is 11.5 Å². The Balaban J connectivity index is 2.06. The molecule has 2 aromatic rings. The van der Waals surface area contributed by atoms with Crippen molar-refractivity contribution in [1.29, 1.82) is 0 Å². The Hall–Kier alpha value is -3.62. The van der Waals surface area contributed by atoms with Gasteiger partial charge in [-0.1, -0.05) is 6.07 Å². The lowest BCUT2D eigenvalue weighted by Crippen LogP contribution is -2.36. The first-order valence-corrected chi connectivity index (χ1v) is 11.9. The molecule has 3 rings (SSSR count). The average Bonchev–Trinajstić information content (AvgIpc) is 2.92. The molecule has 1 aliphatic heterocycles. The molecule has 196 valence electrons. The fourth-order valence-corrected chi connectivity index (χ4v) is 4.51. The Morgan fingerprint density at radius 2 is 1.44 bits per heavy atom. The van der Waals surface area contributed by atoms with Crippen molar-refractivity contribution >= 4 is 11.9 Å². The number of esters is 1. The van der Waals surface area contributed by atoms with Gasteiger partial charge in [-0.15, -0.1) is 0 Å². The van der Waals surface area contributed by atoms with E-state index >= 15 is 0 Å². The van der Waals surface area contributed by atoms with E-state index < -0.39 is 5.97 Å². The number of rotatable bonds is 10. The van der Waals surface area contributed by atoms with Crippen molar-refractivity contribution in [3.8, 4) is 28.7 Å². The first-order chi connectivity index (χ1) is 17.4. The molecule has 0 saturated carbocycles. The molecule has 0 unspecified atom stereocenters. The van der Waals surface area contributed by atoms with Crippen molar-refractivity contribution in [3.63, 3.8) is 0 Å². The molecule has 1 aliphatic rings. The maximum Gasteiger partial charge on any atom is 0.343 e.